The molecular formula is C67H131NO5. The molecule has 6 nitrogen and oxygen atoms in total. The van der Waals surface area contributed by atoms with E-state index in [0.29, 0.717) is 25.9 Å². The zero-order valence-electron chi connectivity index (χ0n) is 49.6. The molecule has 0 saturated heterocycles. The van der Waals surface area contributed by atoms with Gasteiger partial charge in [0.05, 0.1) is 25.4 Å². The van der Waals surface area contributed by atoms with Crippen LogP contribution in [0.3, 0.4) is 0 Å². The van der Waals surface area contributed by atoms with Crippen molar-refractivity contribution >= 4 is 11.9 Å². The summed E-state index contributed by atoms with van der Waals surface area (Å²) in [4.78, 5) is 24.6. The lowest BCUT2D eigenvalue weighted by molar-refractivity contribution is -0.143. The van der Waals surface area contributed by atoms with Crippen molar-refractivity contribution in [2.24, 2.45) is 0 Å². The second-order valence-electron chi connectivity index (χ2n) is 23.2. The summed E-state index contributed by atoms with van der Waals surface area (Å²) in [6.45, 7) is 4.97. The van der Waals surface area contributed by atoms with Gasteiger partial charge in [-0.05, 0) is 51.4 Å². The van der Waals surface area contributed by atoms with E-state index in [1.165, 1.54) is 302 Å². The molecule has 0 aromatic rings. The van der Waals surface area contributed by atoms with Gasteiger partial charge in [-0.15, -0.1) is 0 Å². The van der Waals surface area contributed by atoms with Crippen LogP contribution in [0.25, 0.3) is 0 Å². The maximum Gasteiger partial charge on any atom is 0.305 e. The Labute approximate surface area is 457 Å². The normalized spacial score (nSPS) is 12.5. The molecule has 0 saturated carbocycles. The maximum absolute atomic E-state index is 12.5. The predicted molar refractivity (Wildman–Crippen MR) is 320 cm³/mol. The van der Waals surface area contributed by atoms with Crippen LogP contribution >= 0.6 is 0 Å². The number of allylic oxidation sites excluding steroid dienone is 2. The van der Waals surface area contributed by atoms with Crippen LogP contribution in [0.4, 0.5) is 0 Å². The fraction of sp³-hybridized carbons (Fsp3) is 0.940. The molecule has 434 valence electrons. The number of carbonyl (C=O) groups excluding carboxylic acids is 2. The Morgan fingerprint density at radius 2 is 0.644 bits per heavy atom. The van der Waals surface area contributed by atoms with Crippen molar-refractivity contribution in [1.82, 2.24) is 5.32 Å². The molecule has 0 rings (SSSR count). The summed E-state index contributed by atoms with van der Waals surface area (Å²) in [5.41, 5.74) is 0. The molecular weight excluding hydrogens is 899 g/mol. The fourth-order valence-corrected chi connectivity index (χ4v) is 10.7. The van der Waals surface area contributed by atoms with Crippen molar-refractivity contribution in [1.29, 1.82) is 0 Å². The largest absolute Gasteiger partial charge is 0.466 e. The molecule has 0 heterocycles. The van der Waals surface area contributed by atoms with Gasteiger partial charge < -0.3 is 20.3 Å². The van der Waals surface area contributed by atoms with Crippen molar-refractivity contribution in [3.63, 3.8) is 0 Å². The minimum absolute atomic E-state index is 0.00115. The van der Waals surface area contributed by atoms with E-state index >= 15 is 0 Å². The van der Waals surface area contributed by atoms with Gasteiger partial charge in [-0.25, -0.2) is 0 Å². The lowest BCUT2D eigenvalue weighted by Crippen LogP contribution is -2.45. The van der Waals surface area contributed by atoms with Crippen molar-refractivity contribution in [3.05, 3.63) is 12.2 Å². The van der Waals surface area contributed by atoms with E-state index in [-0.39, 0.29) is 18.5 Å². The first-order chi connectivity index (χ1) is 36.0. The van der Waals surface area contributed by atoms with E-state index in [1.807, 2.05) is 0 Å². The molecule has 0 aromatic heterocycles. The van der Waals surface area contributed by atoms with Gasteiger partial charge in [0.25, 0.3) is 0 Å². The third-order valence-electron chi connectivity index (χ3n) is 15.8. The highest BCUT2D eigenvalue weighted by Crippen LogP contribution is 2.19. The van der Waals surface area contributed by atoms with E-state index in [2.05, 4.69) is 31.3 Å². The van der Waals surface area contributed by atoms with Gasteiger partial charge in [0.15, 0.2) is 0 Å². The maximum atomic E-state index is 12.5. The number of ether oxygens (including phenoxy) is 1. The summed E-state index contributed by atoms with van der Waals surface area (Å²) in [7, 11) is 0. The highest BCUT2D eigenvalue weighted by Gasteiger charge is 2.20. The summed E-state index contributed by atoms with van der Waals surface area (Å²) < 4.78 is 5.48. The van der Waals surface area contributed by atoms with Crippen LogP contribution in [0.2, 0.25) is 0 Å². The molecule has 0 aliphatic heterocycles. The summed E-state index contributed by atoms with van der Waals surface area (Å²) >= 11 is 0. The molecule has 1 amide bonds. The molecule has 0 aliphatic carbocycles. The minimum atomic E-state index is -0.669. The second-order valence-corrected chi connectivity index (χ2v) is 23.2. The van der Waals surface area contributed by atoms with Gasteiger partial charge in [-0.2, -0.15) is 0 Å². The van der Waals surface area contributed by atoms with Gasteiger partial charge >= 0.3 is 5.97 Å². The van der Waals surface area contributed by atoms with Crippen LogP contribution in [0.15, 0.2) is 12.2 Å². The monoisotopic (exact) mass is 1030 g/mol. The molecule has 3 N–H and O–H groups in total. The molecule has 0 radical (unpaired) electrons. The zero-order chi connectivity index (χ0) is 52.9. The number of nitrogens with one attached hydrogen (secondary N) is 1. The smallest absolute Gasteiger partial charge is 0.305 e. The topological polar surface area (TPSA) is 95.9 Å². The summed E-state index contributed by atoms with van der Waals surface area (Å²) in [6.07, 6.45) is 76.6. The van der Waals surface area contributed by atoms with Crippen molar-refractivity contribution in [2.75, 3.05) is 13.2 Å². The van der Waals surface area contributed by atoms with Gasteiger partial charge in [0.2, 0.25) is 5.91 Å². The van der Waals surface area contributed by atoms with E-state index in [9.17, 15) is 19.8 Å². The van der Waals surface area contributed by atoms with Gasteiger partial charge in [0.1, 0.15) is 0 Å². The van der Waals surface area contributed by atoms with Crippen LogP contribution in [-0.4, -0.2) is 47.4 Å². The number of rotatable bonds is 63. The molecule has 0 aromatic carbocycles. The van der Waals surface area contributed by atoms with Crippen molar-refractivity contribution in [2.45, 2.75) is 392 Å². The molecule has 0 bridgehead atoms. The third kappa shape index (κ3) is 59.7. The van der Waals surface area contributed by atoms with Gasteiger partial charge in [-0.1, -0.05) is 328 Å². The lowest BCUT2D eigenvalue weighted by Gasteiger charge is -2.22. The molecule has 6 heteroatoms. The number of hydrogen-bond acceptors (Lipinski definition) is 5. The Balaban J connectivity index is 3.41. The quantitative estimate of drug-likeness (QED) is 0.0320. The Bertz CT molecular complexity index is 1100. The number of carbonyl (C=O) groups is 2. The van der Waals surface area contributed by atoms with Crippen LogP contribution < -0.4 is 5.32 Å². The fourth-order valence-electron chi connectivity index (χ4n) is 10.7. The predicted octanol–water partition coefficient (Wildman–Crippen LogP) is 21.2. The summed E-state index contributed by atoms with van der Waals surface area (Å²) in [6, 6.07) is -0.547. The van der Waals surface area contributed by atoms with Gasteiger partial charge in [0, 0.05) is 12.8 Å². The Morgan fingerprint density at radius 3 is 0.973 bits per heavy atom. The van der Waals surface area contributed by atoms with E-state index in [0.717, 1.165) is 44.9 Å². The average Bonchev–Trinajstić information content (AvgIpc) is 3.39. The minimum Gasteiger partial charge on any atom is -0.466 e. The molecule has 73 heavy (non-hydrogen) atoms. The van der Waals surface area contributed by atoms with Crippen LogP contribution in [0, 0.1) is 0 Å². The average molecular weight is 1030 g/mol. The van der Waals surface area contributed by atoms with Gasteiger partial charge in [-0.3, -0.25) is 9.59 Å². The third-order valence-corrected chi connectivity index (χ3v) is 15.8. The van der Waals surface area contributed by atoms with E-state index in [1.54, 1.807) is 0 Å². The SMILES string of the molecule is CCCCCCCC/C=C\CCCCCCCC(=O)OCCCCCCCCCCCCCCCCCCCC(=O)NC(CO)C(O)CCCCCCCCCCCCCCCCCCCCCCCCCC. The van der Waals surface area contributed by atoms with Crippen molar-refractivity contribution in [3.8, 4) is 0 Å². The van der Waals surface area contributed by atoms with E-state index in [4.69, 9.17) is 4.74 Å². The Morgan fingerprint density at radius 1 is 0.370 bits per heavy atom. The Hall–Kier alpha value is -1.40. The number of hydrogen-bond donors (Lipinski definition) is 3. The first kappa shape index (κ1) is 71.6. The van der Waals surface area contributed by atoms with Crippen molar-refractivity contribution < 1.29 is 24.5 Å². The number of unbranched alkanes of at least 4 members (excludes halogenated alkanes) is 50. The standard InChI is InChI=1S/C67H131NO5/c1-3-5-7-9-11-13-15-17-19-20-21-22-23-24-25-26-28-32-35-39-43-47-51-55-59-65(70)64(63-69)68-66(71)60-56-52-48-44-40-36-33-29-27-30-34-38-42-46-50-54-58-62-73-67(72)61-57-53-49-45-41-37-31-18-16-14-12-10-8-6-4-2/h18,31,64-65,69-70H,3-17,19-30,32-63H2,1-2H3,(H,68,71)/b31-18-. The lowest BCUT2D eigenvalue weighted by atomic mass is 10.0. The number of esters is 1. The highest BCUT2D eigenvalue weighted by molar-refractivity contribution is 5.76. The Kier molecular flexibility index (Phi) is 61.9. The second kappa shape index (κ2) is 63.1. The van der Waals surface area contributed by atoms with Crippen LogP contribution in [0.5, 0.6) is 0 Å². The van der Waals surface area contributed by atoms with E-state index < -0.39 is 12.1 Å². The molecule has 0 fully saturated rings. The van der Waals surface area contributed by atoms with Crippen LogP contribution in [-0.2, 0) is 14.3 Å². The summed E-state index contributed by atoms with van der Waals surface area (Å²) in [5.74, 6) is -0.0368. The molecule has 2 unspecified atom stereocenters. The number of aliphatic hydroxyl groups excluding tert-OH is 2. The molecule has 0 spiro atoms. The number of aliphatic hydroxyl groups is 2. The first-order valence-corrected chi connectivity index (χ1v) is 33.4. The first-order valence-electron chi connectivity index (χ1n) is 33.4. The molecule has 0 aliphatic rings. The number of amides is 1. The zero-order valence-corrected chi connectivity index (χ0v) is 49.6. The van der Waals surface area contributed by atoms with Crippen LogP contribution in [0.1, 0.15) is 380 Å². The molecule has 2 atom stereocenters. The summed E-state index contributed by atoms with van der Waals surface area (Å²) in [5, 5.41) is 23.4. The highest BCUT2D eigenvalue weighted by atomic mass is 16.5.